The van der Waals surface area contributed by atoms with Gasteiger partial charge in [-0.2, -0.15) is 10.4 Å². The minimum Gasteiger partial charge on any atom is -0.352 e. The van der Waals surface area contributed by atoms with Crippen LogP contribution in [0.2, 0.25) is 5.02 Å². The third kappa shape index (κ3) is 4.21. The van der Waals surface area contributed by atoms with E-state index in [1.165, 1.54) is 6.33 Å². The van der Waals surface area contributed by atoms with E-state index in [-0.39, 0.29) is 11.5 Å². The van der Waals surface area contributed by atoms with Gasteiger partial charge in [-0.05, 0) is 29.8 Å². The topological polar surface area (TPSA) is 90.9 Å². The van der Waals surface area contributed by atoms with Crippen LogP contribution < -0.4 is 4.90 Å². The Labute approximate surface area is 201 Å². The second-order valence-electron chi connectivity index (χ2n) is 7.83. The highest BCUT2D eigenvalue weighted by Crippen LogP contribution is 2.26. The number of hydrogen-bond acceptors (Lipinski definition) is 6. The first-order chi connectivity index (χ1) is 16.6. The summed E-state index contributed by atoms with van der Waals surface area (Å²) in [6.45, 7) is 2.15. The number of nitriles is 1. The van der Waals surface area contributed by atoms with Crippen LogP contribution in [0.1, 0.15) is 5.56 Å². The smallest absolute Gasteiger partial charge is 0.264 e. The number of fused-ring (bicyclic) bond motifs is 1. The highest BCUT2D eigenvalue weighted by atomic mass is 35.5. The second-order valence-corrected chi connectivity index (χ2v) is 8.27. The maximum absolute atomic E-state index is 12.9. The highest BCUT2D eigenvalue weighted by molar-refractivity contribution is 6.30. The van der Waals surface area contributed by atoms with Gasteiger partial charge in [-0.25, -0.2) is 14.6 Å². The third-order valence-electron chi connectivity index (χ3n) is 5.73. The van der Waals surface area contributed by atoms with E-state index < -0.39 is 0 Å². The van der Waals surface area contributed by atoms with Gasteiger partial charge in [0.1, 0.15) is 23.8 Å². The summed E-state index contributed by atoms with van der Waals surface area (Å²) in [4.78, 5) is 25.7. The summed E-state index contributed by atoms with van der Waals surface area (Å²) in [7, 11) is 0. The largest absolute Gasteiger partial charge is 0.352 e. The van der Waals surface area contributed by atoms with E-state index >= 15 is 0 Å². The lowest BCUT2D eigenvalue weighted by Gasteiger charge is -2.35. The molecule has 2 aromatic heterocycles. The summed E-state index contributed by atoms with van der Waals surface area (Å²) >= 11 is 6.14. The van der Waals surface area contributed by atoms with Crippen molar-refractivity contribution in [3.8, 4) is 11.8 Å². The number of nitrogens with zero attached hydrogens (tertiary/aromatic N) is 7. The molecule has 9 heteroatoms. The van der Waals surface area contributed by atoms with Gasteiger partial charge in [0.25, 0.3) is 5.91 Å². The van der Waals surface area contributed by atoms with Gasteiger partial charge in [0.05, 0.1) is 17.3 Å². The van der Waals surface area contributed by atoms with Gasteiger partial charge in [-0.1, -0.05) is 48.0 Å². The molecule has 0 spiro atoms. The molecule has 0 radical (unpaired) electrons. The summed E-state index contributed by atoms with van der Waals surface area (Å²) in [6, 6.07) is 18.9. The number of amides is 1. The summed E-state index contributed by atoms with van der Waals surface area (Å²) < 4.78 is 1.74. The summed E-state index contributed by atoms with van der Waals surface area (Å²) in [5.41, 5.74) is 2.46. The van der Waals surface area contributed by atoms with Gasteiger partial charge in [0.15, 0.2) is 5.65 Å². The first-order valence-corrected chi connectivity index (χ1v) is 11.2. The lowest BCUT2D eigenvalue weighted by molar-refractivity contribution is -0.126. The molecule has 0 atom stereocenters. The lowest BCUT2D eigenvalue weighted by atomic mass is 10.1. The molecule has 1 aliphatic rings. The van der Waals surface area contributed by atoms with Crippen LogP contribution in [-0.2, 0) is 4.79 Å². The van der Waals surface area contributed by atoms with Crippen LogP contribution in [0, 0.1) is 11.3 Å². The number of carbonyl (C=O) groups is 1. The van der Waals surface area contributed by atoms with E-state index in [1.54, 1.807) is 21.9 Å². The monoisotopic (exact) mass is 469 g/mol. The molecule has 0 aliphatic carbocycles. The standard InChI is InChI=1S/C25H20ClN7O/c26-20-7-4-8-21(14-20)33-24-22(16-30-33)23(28-17-29-24)31-9-11-32(12-10-31)25(34)19(15-27)13-18-5-2-1-3-6-18/h1-8,13-14,16-17H,9-12H2/b19-13+. The summed E-state index contributed by atoms with van der Waals surface area (Å²) in [5, 5.41) is 15.5. The molecule has 3 heterocycles. The molecule has 8 nitrogen and oxygen atoms in total. The zero-order chi connectivity index (χ0) is 23.5. The van der Waals surface area contributed by atoms with Crippen LogP contribution >= 0.6 is 11.6 Å². The predicted molar refractivity (Wildman–Crippen MR) is 130 cm³/mol. The van der Waals surface area contributed by atoms with Gasteiger partial charge in [0, 0.05) is 31.2 Å². The Morgan fingerprint density at radius 3 is 2.56 bits per heavy atom. The fourth-order valence-corrected chi connectivity index (χ4v) is 4.21. The van der Waals surface area contributed by atoms with Crippen LogP contribution in [0.4, 0.5) is 5.82 Å². The van der Waals surface area contributed by atoms with Gasteiger partial charge < -0.3 is 9.80 Å². The maximum atomic E-state index is 12.9. The van der Waals surface area contributed by atoms with Crippen LogP contribution in [0.3, 0.4) is 0 Å². The van der Waals surface area contributed by atoms with Crippen molar-refractivity contribution in [1.82, 2.24) is 24.6 Å². The Balaban J connectivity index is 1.34. The van der Waals surface area contributed by atoms with E-state index in [4.69, 9.17) is 11.6 Å². The first-order valence-electron chi connectivity index (χ1n) is 10.8. The van der Waals surface area contributed by atoms with Crippen LogP contribution in [0.25, 0.3) is 22.8 Å². The minimum atomic E-state index is -0.257. The van der Waals surface area contributed by atoms with Crippen molar-refractivity contribution in [1.29, 1.82) is 5.26 Å². The predicted octanol–water partition coefficient (Wildman–Crippen LogP) is 3.72. The fraction of sp³-hybridized carbons (Fsp3) is 0.160. The normalized spacial score (nSPS) is 14.3. The summed E-state index contributed by atoms with van der Waals surface area (Å²) in [6.07, 6.45) is 4.90. The first kappa shape index (κ1) is 21.6. The number of halogens is 1. The number of anilines is 1. The molecule has 1 saturated heterocycles. The molecule has 0 bridgehead atoms. The molecule has 2 aromatic carbocycles. The number of carbonyl (C=O) groups excluding carboxylic acids is 1. The van der Waals surface area contributed by atoms with Crippen molar-refractivity contribution in [3.05, 3.63) is 83.3 Å². The Hall–Kier alpha value is -4.22. The van der Waals surface area contributed by atoms with E-state index in [0.29, 0.717) is 36.8 Å². The maximum Gasteiger partial charge on any atom is 0.264 e. The zero-order valence-corrected chi connectivity index (χ0v) is 18.9. The van der Waals surface area contributed by atoms with Crippen LogP contribution in [0.15, 0.2) is 72.7 Å². The Morgan fingerprint density at radius 1 is 1.03 bits per heavy atom. The molecule has 34 heavy (non-hydrogen) atoms. The molecule has 5 rings (SSSR count). The molecule has 0 saturated carbocycles. The van der Waals surface area contributed by atoms with E-state index in [9.17, 15) is 10.1 Å². The van der Waals surface area contributed by atoms with Crippen LogP contribution in [-0.4, -0.2) is 56.7 Å². The number of hydrogen-bond donors (Lipinski definition) is 0. The average Bonchev–Trinajstić information content (AvgIpc) is 3.32. The second kappa shape index (κ2) is 9.33. The molecule has 168 valence electrons. The van der Waals surface area contributed by atoms with Gasteiger partial charge in [-0.3, -0.25) is 4.79 Å². The van der Waals surface area contributed by atoms with Gasteiger partial charge in [-0.15, -0.1) is 0 Å². The fourth-order valence-electron chi connectivity index (χ4n) is 4.03. The van der Waals surface area contributed by atoms with Crippen molar-refractivity contribution in [2.45, 2.75) is 0 Å². The zero-order valence-electron chi connectivity index (χ0n) is 18.2. The molecule has 1 amide bonds. The molecule has 4 aromatic rings. The number of piperazine rings is 1. The van der Waals surface area contributed by atoms with E-state index in [2.05, 4.69) is 26.0 Å². The summed E-state index contributed by atoms with van der Waals surface area (Å²) in [5.74, 6) is 0.512. The SMILES string of the molecule is N#C/C(=C\c1ccccc1)C(=O)N1CCN(c2ncnc3c2cnn3-c2cccc(Cl)c2)CC1. The molecule has 0 N–H and O–H groups in total. The van der Waals surface area contributed by atoms with E-state index in [0.717, 1.165) is 22.5 Å². The van der Waals surface area contributed by atoms with Crippen LogP contribution in [0.5, 0.6) is 0 Å². The molecule has 1 aliphatic heterocycles. The minimum absolute atomic E-state index is 0.131. The quantitative estimate of drug-likeness (QED) is 0.334. The van der Waals surface area contributed by atoms with Crippen molar-refractivity contribution in [3.63, 3.8) is 0 Å². The lowest BCUT2D eigenvalue weighted by Crippen LogP contribution is -2.49. The molecule has 0 unspecified atom stereocenters. The van der Waals surface area contributed by atoms with Crippen molar-refractivity contribution in [2.75, 3.05) is 31.1 Å². The van der Waals surface area contributed by atoms with Crippen molar-refractivity contribution in [2.24, 2.45) is 0 Å². The molecular weight excluding hydrogens is 450 g/mol. The van der Waals surface area contributed by atoms with Crippen molar-refractivity contribution >= 4 is 40.4 Å². The molecular formula is C25H20ClN7O. The number of aromatic nitrogens is 4. The number of benzene rings is 2. The highest BCUT2D eigenvalue weighted by Gasteiger charge is 2.26. The van der Waals surface area contributed by atoms with Gasteiger partial charge in [0.2, 0.25) is 0 Å². The Bertz CT molecular complexity index is 1420. The Morgan fingerprint density at radius 2 is 1.82 bits per heavy atom. The third-order valence-corrected chi connectivity index (χ3v) is 5.96. The van der Waals surface area contributed by atoms with E-state index in [1.807, 2.05) is 54.6 Å². The average molecular weight is 470 g/mol. The molecule has 1 fully saturated rings. The number of rotatable bonds is 4. The Kier molecular flexibility index (Phi) is 5.93. The van der Waals surface area contributed by atoms with Gasteiger partial charge >= 0.3 is 0 Å². The van der Waals surface area contributed by atoms with Crippen molar-refractivity contribution < 1.29 is 4.79 Å².